The Bertz CT molecular complexity index is 679. The molecule has 2 nitrogen and oxygen atoms in total. The van der Waals surface area contributed by atoms with Crippen molar-refractivity contribution in [2.24, 2.45) is 5.92 Å². The van der Waals surface area contributed by atoms with Crippen molar-refractivity contribution in [3.63, 3.8) is 0 Å². The van der Waals surface area contributed by atoms with E-state index in [1.165, 1.54) is 0 Å². The fourth-order valence-corrected chi connectivity index (χ4v) is 3.60. The number of hydrogen-bond acceptors (Lipinski definition) is 1. The lowest BCUT2D eigenvalue weighted by molar-refractivity contribution is 0.274. The van der Waals surface area contributed by atoms with Crippen LogP contribution in [-0.2, 0) is 12.0 Å². The predicted octanol–water partition coefficient (Wildman–Crippen LogP) is 5.22. The topological polar surface area (TPSA) is 25.2 Å². The molecule has 1 aromatic carbocycles. The molecule has 0 aliphatic heterocycles. The molecule has 3 heteroatoms. The van der Waals surface area contributed by atoms with Crippen LogP contribution in [0, 0.1) is 11.7 Å². The maximum Gasteiger partial charge on any atom is 0.128 e. The molecule has 1 unspecified atom stereocenters. The molecular formula is C20H30FNO. The molecule has 1 heterocycles. The third-order valence-corrected chi connectivity index (χ3v) is 4.76. The number of aliphatic hydroxyl groups is 1. The Balaban J connectivity index is 2.69. The Hall–Kier alpha value is -1.35. The molecule has 0 bridgehead atoms. The van der Waals surface area contributed by atoms with Gasteiger partial charge in [-0.1, -0.05) is 41.5 Å². The number of fused-ring (bicyclic) bond motifs is 1. The monoisotopic (exact) mass is 319 g/mol. The molecule has 1 N–H and O–H groups in total. The Morgan fingerprint density at radius 2 is 1.83 bits per heavy atom. The second kappa shape index (κ2) is 6.64. The van der Waals surface area contributed by atoms with Crippen LogP contribution in [0.2, 0.25) is 0 Å². The summed E-state index contributed by atoms with van der Waals surface area (Å²) in [6.07, 6.45) is 0.934. The van der Waals surface area contributed by atoms with Crippen molar-refractivity contribution < 1.29 is 9.50 Å². The normalized spacial score (nSPS) is 14.0. The summed E-state index contributed by atoms with van der Waals surface area (Å²) in [6, 6.07) is 5.82. The summed E-state index contributed by atoms with van der Waals surface area (Å²) in [4.78, 5) is 0. The maximum absolute atomic E-state index is 14.8. The van der Waals surface area contributed by atoms with E-state index in [1.807, 2.05) is 6.07 Å². The molecule has 0 saturated carbocycles. The van der Waals surface area contributed by atoms with Gasteiger partial charge in [0.25, 0.3) is 0 Å². The minimum atomic E-state index is -0.129. The Kier molecular flexibility index (Phi) is 5.20. The third kappa shape index (κ3) is 3.45. The smallest absolute Gasteiger partial charge is 0.128 e. The van der Waals surface area contributed by atoms with Gasteiger partial charge in [-0.05, 0) is 42.0 Å². The van der Waals surface area contributed by atoms with Gasteiger partial charge >= 0.3 is 0 Å². The summed E-state index contributed by atoms with van der Waals surface area (Å²) < 4.78 is 16.8. The van der Waals surface area contributed by atoms with Gasteiger partial charge in [0.15, 0.2) is 0 Å². The molecule has 0 radical (unpaired) electrons. The molecule has 2 aromatic rings. The van der Waals surface area contributed by atoms with Gasteiger partial charge < -0.3 is 9.67 Å². The van der Waals surface area contributed by atoms with E-state index in [4.69, 9.17) is 0 Å². The average molecular weight is 319 g/mol. The van der Waals surface area contributed by atoms with Gasteiger partial charge in [-0.2, -0.15) is 0 Å². The molecule has 0 saturated heterocycles. The summed E-state index contributed by atoms with van der Waals surface area (Å²) in [5.41, 5.74) is 2.78. The lowest BCUT2D eigenvalue weighted by atomic mass is 9.85. The average Bonchev–Trinajstić information content (AvgIpc) is 2.78. The highest BCUT2D eigenvalue weighted by Gasteiger charge is 2.24. The first-order chi connectivity index (χ1) is 10.7. The van der Waals surface area contributed by atoms with E-state index < -0.39 is 0 Å². The van der Waals surface area contributed by atoms with Crippen LogP contribution < -0.4 is 0 Å². The highest BCUT2D eigenvalue weighted by molar-refractivity contribution is 5.83. The van der Waals surface area contributed by atoms with Gasteiger partial charge in [0.2, 0.25) is 0 Å². The van der Waals surface area contributed by atoms with Crippen LogP contribution in [0.15, 0.2) is 18.2 Å². The second-order valence-electron chi connectivity index (χ2n) is 7.85. The van der Waals surface area contributed by atoms with Crippen LogP contribution in [0.4, 0.5) is 4.39 Å². The van der Waals surface area contributed by atoms with E-state index in [1.54, 1.807) is 6.07 Å². The largest absolute Gasteiger partial charge is 0.395 e. The van der Waals surface area contributed by atoms with E-state index in [0.717, 1.165) is 28.6 Å². The van der Waals surface area contributed by atoms with Crippen molar-refractivity contribution in [3.8, 4) is 0 Å². The van der Waals surface area contributed by atoms with Gasteiger partial charge in [0.05, 0.1) is 12.1 Å². The lowest BCUT2D eigenvalue weighted by Crippen LogP contribution is -2.18. The molecule has 0 aliphatic rings. The summed E-state index contributed by atoms with van der Waals surface area (Å²) in [5, 5.41) is 10.5. The van der Waals surface area contributed by atoms with Crippen molar-refractivity contribution in [3.05, 3.63) is 35.3 Å². The molecule has 0 spiro atoms. The number of hydrogen-bond donors (Lipinski definition) is 1. The number of rotatable bonds is 5. The van der Waals surface area contributed by atoms with Crippen LogP contribution >= 0.6 is 0 Å². The van der Waals surface area contributed by atoms with Gasteiger partial charge in [-0.15, -0.1) is 0 Å². The van der Waals surface area contributed by atoms with E-state index in [2.05, 4.69) is 52.2 Å². The summed E-state index contributed by atoms with van der Waals surface area (Å²) in [5.74, 6) is 0.517. The summed E-state index contributed by atoms with van der Waals surface area (Å²) in [6.45, 7) is 13.4. The lowest BCUT2D eigenvalue weighted by Gasteiger charge is -2.22. The Morgan fingerprint density at radius 1 is 1.17 bits per heavy atom. The fourth-order valence-electron chi connectivity index (χ4n) is 3.60. The maximum atomic E-state index is 14.8. The van der Waals surface area contributed by atoms with Crippen LogP contribution in [-0.4, -0.2) is 16.3 Å². The van der Waals surface area contributed by atoms with E-state index in [-0.39, 0.29) is 23.8 Å². The number of halogens is 1. The van der Waals surface area contributed by atoms with Gasteiger partial charge in [0.1, 0.15) is 5.82 Å². The first-order valence-corrected chi connectivity index (χ1v) is 8.64. The van der Waals surface area contributed by atoms with Crippen LogP contribution in [0.5, 0.6) is 0 Å². The summed E-state index contributed by atoms with van der Waals surface area (Å²) >= 11 is 0. The van der Waals surface area contributed by atoms with Gasteiger partial charge in [-0.3, -0.25) is 0 Å². The van der Waals surface area contributed by atoms with Crippen LogP contribution in [0.1, 0.15) is 65.1 Å². The number of nitrogens with zero attached hydrogens (tertiary/aromatic N) is 1. The van der Waals surface area contributed by atoms with Crippen LogP contribution in [0.3, 0.4) is 0 Å². The number of aliphatic hydroxyl groups excluding tert-OH is 1. The predicted molar refractivity (Wildman–Crippen MR) is 95.6 cm³/mol. The molecule has 23 heavy (non-hydrogen) atoms. The zero-order chi connectivity index (χ0) is 17.4. The highest BCUT2D eigenvalue weighted by atomic mass is 19.1. The zero-order valence-electron chi connectivity index (χ0n) is 15.3. The minimum absolute atomic E-state index is 0.0486. The van der Waals surface area contributed by atoms with E-state index in [0.29, 0.717) is 12.5 Å². The van der Waals surface area contributed by atoms with Gasteiger partial charge in [-0.25, -0.2) is 4.39 Å². The van der Waals surface area contributed by atoms with Crippen molar-refractivity contribution in [1.29, 1.82) is 0 Å². The molecule has 0 aliphatic carbocycles. The molecule has 0 fully saturated rings. The SMILES string of the molecule is CCC(c1cc2cc(C(C)(C)C)n(CCO)c2cc1F)C(C)C. The quantitative estimate of drug-likeness (QED) is 0.803. The molecular weight excluding hydrogens is 289 g/mol. The Morgan fingerprint density at radius 3 is 2.30 bits per heavy atom. The second-order valence-corrected chi connectivity index (χ2v) is 7.85. The van der Waals surface area contributed by atoms with Crippen molar-refractivity contribution in [2.45, 2.75) is 65.8 Å². The van der Waals surface area contributed by atoms with E-state index >= 15 is 0 Å². The number of benzene rings is 1. The first-order valence-electron chi connectivity index (χ1n) is 8.64. The zero-order valence-corrected chi connectivity index (χ0v) is 15.3. The van der Waals surface area contributed by atoms with Gasteiger partial charge in [0, 0.05) is 23.0 Å². The van der Waals surface area contributed by atoms with Crippen molar-refractivity contribution >= 4 is 10.9 Å². The Labute approximate surface area is 139 Å². The molecule has 128 valence electrons. The third-order valence-electron chi connectivity index (χ3n) is 4.76. The fraction of sp³-hybridized carbons (Fsp3) is 0.600. The first kappa shape index (κ1) is 18.0. The molecule has 0 amide bonds. The van der Waals surface area contributed by atoms with Crippen molar-refractivity contribution in [2.75, 3.05) is 6.61 Å². The highest BCUT2D eigenvalue weighted by Crippen LogP contribution is 2.35. The molecule has 1 atom stereocenters. The minimum Gasteiger partial charge on any atom is -0.395 e. The van der Waals surface area contributed by atoms with Crippen molar-refractivity contribution in [1.82, 2.24) is 4.57 Å². The van der Waals surface area contributed by atoms with E-state index in [9.17, 15) is 9.50 Å². The summed E-state index contributed by atoms with van der Waals surface area (Å²) in [7, 11) is 0. The standard InChI is InChI=1S/C20H30FNO/c1-7-15(13(2)3)16-10-14-11-19(20(4,5)6)22(8-9-23)18(14)12-17(16)21/h10-13,15,23H,7-9H2,1-6H3. The van der Waals surface area contributed by atoms with Crippen LogP contribution in [0.25, 0.3) is 10.9 Å². The molecule has 1 aromatic heterocycles. The molecule has 2 rings (SSSR count). The number of aromatic nitrogens is 1.